The minimum absolute atomic E-state index is 0.0150. The monoisotopic (exact) mass is 251 g/mol. The third-order valence-corrected chi connectivity index (χ3v) is 2.45. The van der Waals surface area contributed by atoms with Crippen LogP contribution in [0.5, 0.6) is 0 Å². The van der Waals surface area contributed by atoms with Gasteiger partial charge in [0.15, 0.2) is 0 Å². The van der Waals surface area contributed by atoms with E-state index in [2.05, 4.69) is 5.32 Å². The number of nitrogens with one attached hydrogen (secondary N) is 1. The highest BCUT2D eigenvalue weighted by Gasteiger charge is 2.04. The van der Waals surface area contributed by atoms with Gasteiger partial charge in [-0.2, -0.15) is 0 Å². The number of amides is 1. The van der Waals surface area contributed by atoms with Gasteiger partial charge in [-0.25, -0.2) is 0 Å². The molecule has 0 aliphatic heterocycles. The lowest BCUT2D eigenvalue weighted by Gasteiger charge is -2.10. The zero-order valence-corrected chi connectivity index (χ0v) is 10.9. The van der Waals surface area contributed by atoms with Crippen molar-refractivity contribution in [1.82, 2.24) is 4.90 Å². The summed E-state index contributed by atoms with van der Waals surface area (Å²) < 4.78 is 0. The molecular weight excluding hydrogens is 234 g/mol. The van der Waals surface area contributed by atoms with E-state index in [9.17, 15) is 4.79 Å². The third-order valence-electron chi connectivity index (χ3n) is 2.22. The number of anilines is 1. The summed E-state index contributed by atoms with van der Waals surface area (Å²) >= 11 is 4.88. The van der Waals surface area contributed by atoms with Crippen molar-refractivity contribution in [2.45, 2.75) is 6.42 Å². The van der Waals surface area contributed by atoms with E-state index in [1.807, 2.05) is 37.2 Å². The molecule has 1 amide bonds. The summed E-state index contributed by atoms with van der Waals surface area (Å²) in [6, 6.07) is 7.22. The minimum atomic E-state index is -0.0150. The van der Waals surface area contributed by atoms with Gasteiger partial charge >= 0.3 is 0 Å². The van der Waals surface area contributed by atoms with Gasteiger partial charge in [0.05, 0.1) is 0 Å². The highest BCUT2D eigenvalue weighted by molar-refractivity contribution is 7.80. The number of hydrogen-bond acceptors (Lipinski definition) is 3. The van der Waals surface area contributed by atoms with Crippen molar-refractivity contribution in [3.05, 3.63) is 29.8 Å². The lowest BCUT2D eigenvalue weighted by Crippen LogP contribution is -2.21. The summed E-state index contributed by atoms with van der Waals surface area (Å²) in [4.78, 5) is 13.9. The highest BCUT2D eigenvalue weighted by Crippen LogP contribution is 2.10. The van der Waals surface area contributed by atoms with Crippen molar-refractivity contribution in [2.75, 3.05) is 26.0 Å². The number of nitrogens with two attached hydrogens (primary N) is 1. The Bertz CT molecular complexity index is 418. The molecule has 0 spiro atoms. The van der Waals surface area contributed by atoms with Crippen molar-refractivity contribution in [2.24, 2.45) is 5.73 Å². The number of hydrogen-bond donors (Lipinski definition) is 2. The average Bonchev–Trinajstić information content (AvgIpc) is 2.26. The maximum absolute atomic E-state index is 11.6. The maximum atomic E-state index is 11.6. The Morgan fingerprint density at radius 3 is 2.76 bits per heavy atom. The van der Waals surface area contributed by atoms with E-state index in [1.165, 1.54) is 0 Å². The summed E-state index contributed by atoms with van der Waals surface area (Å²) in [5.74, 6) is -0.0150. The van der Waals surface area contributed by atoms with Crippen LogP contribution in [-0.2, 0) is 4.79 Å². The second-order valence-corrected chi connectivity index (χ2v) is 4.49. The molecule has 0 fully saturated rings. The maximum Gasteiger partial charge on any atom is 0.225 e. The SMILES string of the molecule is CN(C)CCC(=O)Nc1cccc(C(N)=S)c1. The van der Waals surface area contributed by atoms with Crippen LogP contribution < -0.4 is 11.1 Å². The normalized spacial score (nSPS) is 10.3. The predicted octanol–water partition coefficient (Wildman–Crippen LogP) is 1.21. The van der Waals surface area contributed by atoms with E-state index in [0.717, 1.165) is 17.8 Å². The van der Waals surface area contributed by atoms with Crippen molar-refractivity contribution < 1.29 is 4.79 Å². The Morgan fingerprint density at radius 1 is 1.47 bits per heavy atom. The number of thiocarbonyl (C=S) groups is 1. The summed E-state index contributed by atoms with van der Waals surface area (Å²) in [6.07, 6.45) is 0.463. The molecule has 0 bridgehead atoms. The molecule has 0 saturated carbocycles. The predicted molar refractivity (Wildman–Crippen MR) is 74.1 cm³/mol. The standard InChI is InChI=1S/C12H17N3OS/c1-15(2)7-6-11(16)14-10-5-3-4-9(8-10)12(13)17/h3-5,8H,6-7H2,1-2H3,(H2,13,17)(H,14,16). The van der Waals surface area contributed by atoms with E-state index in [1.54, 1.807) is 6.07 Å². The fourth-order valence-corrected chi connectivity index (χ4v) is 1.43. The van der Waals surface area contributed by atoms with Gasteiger partial charge in [-0.1, -0.05) is 24.4 Å². The molecule has 1 aromatic rings. The molecule has 92 valence electrons. The van der Waals surface area contributed by atoms with Gasteiger partial charge in [0.2, 0.25) is 5.91 Å². The molecule has 0 heterocycles. The molecule has 1 aromatic carbocycles. The number of nitrogens with zero attached hydrogens (tertiary/aromatic N) is 1. The van der Waals surface area contributed by atoms with E-state index in [0.29, 0.717) is 11.4 Å². The Labute approximate surface area is 107 Å². The van der Waals surface area contributed by atoms with Crippen molar-refractivity contribution >= 4 is 28.8 Å². The fraction of sp³-hybridized carbons (Fsp3) is 0.333. The highest BCUT2D eigenvalue weighted by atomic mass is 32.1. The van der Waals surface area contributed by atoms with Crippen LogP contribution in [0.2, 0.25) is 0 Å². The first kappa shape index (κ1) is 13.6. The van der Waals surface area contributed by atoms with Gasteiger partial charge in [-0.15, -0.1) is 0 Å². The van der Waals surface area contributed by atoms with Gasteiger partial charge in [-0.3, -0.25) is 4.79 Å². The summed E-state index contributed by atoms with van der Waals surface area (Å²) in [7, 11) is 3.86. The summed E-state index contributed by atoms with van der Waals surface area (Å²) in [5.41, 5.74) is 7.00. The molecular formula is C12H17N3OS. The molecule has 3 N–H and O–H groups in total. The molecule has 0 atom stereocenters. The molecule has 0 aromatic heterocycles. The first-order chi connectivity index (χ1) is 7.99. The first-order valence-electron chi connectivity index (χ1n) is 5.33. The van der Waals surface area contributed by atoms with Gasteiger partial charge in [0, 0.05) is 24.2 Å². The quantitative estimate of drug-likeness (QED) is 0.772. The molecule has 17 heavy (non-hydrogen) atoms. The van der Waals surface area contributed by atoms with E-state index < -0.39 is 0 Å². The lowest BCUT2D eigenvalue weighted by atomic mass is 10.2. The fourth-order valence-electron chi connectivity index (χ4n) is 1.30. The van der Waals surface area contributed by atoms with Crippen molar-refractivity contribution in [1.29, 1.82) is 0 Å². The molecule has 4 nitrogen and oxygen atoms in total. The minimum Gasteiger partial charge on any atom is -0.389 e. The van der Waals surface area contributed by atoms with E-state index in [-0.39, 0.29) is 5.91 Å². The van der Waals surface area contributed by atoms with Gasteiger partial charge < -0.3 is 16.0 Å². The molecule has 1 rings (SSSR count). The topological polar surface area (TPSA) is 58.4 Å². The zero-order valence-electron chi connectivity index (χ0n) is 10.1. The van der Waals surface area contributed by atoms with Crippen LogP contribution in [0.15, 0.2) is 24.3 Å². The number of rotatable bonds is 5. The Morgan fingerprint density at radius 2 is 2.18 bits per heavy atom. The summed E-state index contributed by atoms with van der Waals surface area (Å²) in [5, 5.41) is 2.81. The van der Waals surface area contributed by atoms with Crippen LogP contribution in [0.1, 0.15) is 12.0 Å². The average molecular weight is 251 g/mol. The van der Waals surface area contributed by atoms with Crippen LogP contribution in [0.3, 0.4) is 0 Å². The molecule has 0 radical (unpaired) electrons. The van der Waals surface area contributed by atoms with E-state index in [4.69, 9.17) is 18.0 Å². The van der Waals surface area contributed by atoms with Crippen LogP contribution in [0, 0.1) is 0 Å². The molecule has 0 aliphatic carbocycles. The Hall–Kier alpha value is -1.46. The lowest BCUT2D eigenvalue weighted by molar-refractivity contribution is -0.116. The van der Waals surface area contributed by atoms with Crippen LogP contribution in [-0.4, -0.2) is 36.4 Å². The second kappa shape index (κ2) is 6.32. The second-order valence-electron chi connectivity index (χ2n) is 4.05. The van der Waals surface area contributed by atoms with Gasteiger partial charge in [0.1, 0.15) is 4.99 Å². The number of carbonyl (C=O) groups excluding carboxylic acids is 1. The molecule has 5 heteroatoms. The van der Waals surface area contributed by atoms with Crippen LogP contribution >= 0.6 is 12.2 Å². The molecule has 0 unspecified atom stereocenters. The molecule has 0 saturated heterocycles. The van der Waals surface area contributed by atoms with Gasteiger partial charge in [-0.05, 0) is 26.2 Å². The van der Waals surface area contributed by atoms with Gasteiger partial charge in [0.25, 0.3) is 0 Å². The van der Waals surface area contributed by atoms with E-state index >= 15 is 0 Å². The summed E-state index contributed by atoms with van der Waals surface area (Å²) in [6.45, 7) is 0.723. The number of benzene rings is 1. The molecule has 0 aliphatic rings. The van der Waals surface area contributed by atoms with Crippen LogP contribution in [0.25, 0.3) is 0 Å². The smallest absolute Gasteiger partial charge is 0.225 e. The number of carbonyl (C=O) groups is 1. The Kier molecular flexibility index (Phi) is 5.06. The Balaban J connectivity index is 2.59. The van der Waals surface area contributed by atoms with Crippen molar-refractivity contribution in [3.8, 4) is 0 Å². The van der Waals surface area contributed by atoms with Crippen molar-refractivity contribution in [3.63, 3.8) is 0 Å². The first-order valence-corrected chi connectivity index (χ1v) is 5.74. The zero-order chi connectivity index (χ0) is 12.8. The largest absolute Gasteiger partial charge is 0.389 e. The van der Waals surface area contributed by atoms with Crippen LogP contribution in [0.4, 0.5) is 5.69 Å². The third kappa shape index (κ3) is 4.93.